The van der Waals surface area contributed by atoms with Gasteiger partial charge in [0.15, 0.2) is 0 Å². The van der Waals surface area contributed by atoms with E-state index >= 15 is 0 Å². The summed E-state index contributed by atoms with van der Waals surface area (Å²) in [6.45, 7) is 9.04. The summed E-state index contributed by atoms with van der Waals surface area (Å²) in [5.41, 5.74) is 4.26. The Morgan fingerprint density at radius 1 is 1.04 bits per heavy atom. The van der Waals surface area contributed by atoms with Crippen LogP contribution in [0.25, 0.3) is 0 Å². The number of nitrogens with two attached hydrogens (primary N) is 1. The van der Waals surface area contributed by atoms with E-state index in [1.807, 2.05) is 0 Å². The number of nitrogens with zero attached hydrogens (tertiary/aromatic N) is 1. The molecule has 0 aromatic heterocycles. The van der Waals surface area contributed by atoms with Crippen molar-refractivity contribution < 1.29 is 19.1 Å². The van der Waals surface area contributed by atoms with Crippen molar-refractivity contribution in [3.63, 3.8) is 0 Å². The fourth-order valence-electron chi connectivity index (χ4n) is 2.37. The Kier molecular flexibility index (Phi) is 11.5. The average molecular weight is 330 g/mol. The Morgan fingerprint density at radius 2 is 1.65 bits per heavy atom. The van der Waals surface area contributed by atoms with Crippen LogP contribution in [-0.2, 0) is 14.3 Å². The van der Waals surface area contributed by atoms with Crippen molar-refractivity contribution in [2.75, 3.05) is 26.7 Å². The van der Waals surface area contributed by atoms with Crippen LogP contribution < -0.4 is 5.73 Å². The molecule has 1 fully saturated rings. The number of likely N-dealkylation sites (tertiary alicyclic amines) is 1. The van der Waals surface area contributed by atoms with Crippen LogP contribution in [0.4, 0.5) is 4.79 Å². The number of carbonyl (C=O) groups is 2. The van der Waals surface area contributed by atoms with Crippen molar-refractivity contribution in [1.29, 1.82) is 0 Å². The Hall–Kier alpha value is -1.30. The maximum Gasteiger partial charge on any atom is 0.405 e. The highest BCUT2D eigenvalue weighted by molar-refractivity contribution is 5.68. The van der Waals surface area contributed by atoms with Gasteiger partial charge in [-0.15, -0.1) is 0 Å². The Labute approximate surface area is 140 Å². The first-order valence-electron chi connectivity index (χ1n) is 8.52. The lowest BCUT2D eigenvalue weighted by Gasteiger charge is -2.26. The summed E-state index contributed by atoms with van der Waals surface area (Å²) in [7, 11) is 1.45. The zero-order chi connectivity index (χ0) is 17.7. The summed E-state index contributed by atoms with van der Waals surface area (Å²) < 4.78 is 9.17. The molecule has 0 radical (unpaired) electrons. The molecule has 1 amide bonds. The Morgan fingerprint density at radius 3 is 2.09 bits per heavy atom. The number of primary amides is 1. The van der Waals surface area contributed by atoms with E-state index in [1.54, 1.807) is 20.8 Å². The molecule has 6 nitrogen and oxygen atoms in total. The van der Waals surface area contributed by atoms with Gasteiger partial charge in [-0.3, -0.25) is 4.79 Å². The largest absolute Gasteiger partial charge is 0.469 e. The second-order valence-electron chi connectivity index (χ2n) is 6.82. The molecular weight excluding hydrogens is 296 g/mol. The highest BCUT2D eigenvalue weighted by Crippen LogP contribution is 2.10. The highest BCUT2D eigenvalue weighted by Gasteiger charge is 2.12. The number of esters is 1. The van der Waals surface area contributed by atoms with E-state index in [1.165, 1.54) is 52.4 Å². The fourth-order valence-corrected chi connectivity index (χ4v) is 2.37. The van der Waals surface area contributed by atoms with Gasteiger partial charge in [0.1, 0.15) is 5.60 Å². The van der Waals surface area contributed by atoms with E-state index in [9.17, 15) is 9.59 Å². The van der Waals surface area contributed by atoms with Crippen molar-refractivity contribution in [1.82, 2.24) is 4.90 Å². The quantitative estimate of drug-likeness (QED) is 0.598. The number of rotatable bonds is 6. The molecule has 1 aliphatic rings. The number of hydrogen-bond donors (Lipinski definition) is 1. The molecule has 0 unspecified atom stereocenters. The number of unbranched alkanes of at least 4 members (excludes halogenated alkanes) is 2. The smallest absolute Gasteiger partial charge is 0.405 e. The highest BCUT2D eigenvalue weighted by atomic mass is 16.6. The number of ether oxygens (including phenoxy) is 2. The van der Waals surface area contributed by atoms with Crippen molar-refractivity contribution in [3.05, 3.63) is 0 Å². The van der Waals surface area contributed by atoms with E-state index in [4.69, 9.17) is 5.73 Å². The molecule has 6 heteroatoms. The van der Waals surface area contributed by atoms with Gasteiger partial charge in [-0.25, -0.2) is 4.79 Å². The lowest BCUT2D eigenvalue weighted by atomic mass is 10.1. The predicted octanol–water partition coefficient (Wildman–Crippen LogP) is 3.09. The van der Waals surface area contributed by atoms with Crippen molar-refractivity contribution >= 4 is 12.1 Å². The van der Waals surface area contributed by atoms with E-state index in [-0.39, 0.29) is 5.97 Å². The standard InChI is InChI=1S/C12H23NO2.C5H11NO2/c1-15-12(14)8-4-2-5-9-13-10-6-3-7-11-13;1-5(2,3)8-4(6)7/h2-11H2,1H3;1-3H3,(H2,6,7). The molecule has 0 spiro atoms. The van der Waals surface area contributed by atoms with Gasteiger partial charge in [0.2, 0.25) is 0 Å². The van der Waals surface area contributed by atoms with E-state index in [2.05, 4.69) is 14.4 Å². The number of piperidine rings is 1. The van der Waals surface area contributed by atoms with Gasteiger partial charge < -0.3 is 20.1 Å². The lowest BCUT2D eigenvalue weighted by Crippen LogP contribution is -2.30. The number of methoxy groups -OCH3 is 1. The molecule has 1 heterocycles. The van der Waals surface area contributed by atoms with Crippen LogP contribution in [0.15, 0.2) is 0 Å². The molecule has 1 saturated heterocycles. The maximum absolute atomic E-state index is 10.8. The zero-order valence-corrected chi connectivity index (χ0v) is 15.2. The molecule has 1 rings (SSSR count). The second kappa shape index (κ2) is 12.2. The monoisotopic (exact) mass is 330 g/mol. The molecule has 2 N–H and O–H groups in total. The van der Waals surface area contributed by atoms with Crippen LogP contribution in [0.2, 0.25) is 0 Å². The van der Waals surface area contributed by atoms with E-state index in [0.717, 1.165) is 12.8 Å². The van der Waals surface area contributed by atoms with Gasteiger partial charge in [-0.2, -0.15) is 0 Å². The minimum absolute atomic E-state index is 0.0760. The Balaban J connectivity index is 0.000000515. The van der Waals surface area contributed by atoms with Gasteiger partial charge >= 0.3 is 12.1 Å². The topological polar surface area (TPSA) is 81.9 Å². The average Bonchev–Trinajstić information content (AvgIpc) is 2.45. The minimum Gasteiger partial charge on any atom is -0.469 e. The third-order valence-electron chi connectivity index (χ3n) is 3.44. The van der Waals surface area contributed by atoms with Crippen LogP contribution in [0.5, 0.6) is 0 Å². The van der Waals surface area contributed by atoms with Gasteiger partial charge in [-0.05, 0) is 66.1 Å². The third kappa shape index (κ3) is 15.4. The van der Waals surface area contributed by atoms with Crippen LogP contribution in [0.1, 0.15) is 65.7 Å². The summed E-state index contributed by atoms with van der Waals surface area (Å²) in [6.07, 6.45) is 7.32. The molecule has 0 aromatic rings. The first-order chi connectivity index (χ1) is 10.7. The normalized spacial score (nSPS) is 15.3. The van der Waals surface area contributed by atoms with Gasteiger partial charge in [0.25, 0.3) is 0 Å². The molecule has 0 saturated carbocycles. The summed E-state index contributed by atoms with van der Waals surface area (Å²) in [5.74, 6) is -0.0760. The van der Waals surface area contributed by atoms with E-state index in [0.29, 0.717) is 6.42 Å². The molecule has 0 bridgehead atoms. The number of amides is 1. The first-order valence-corrected chi connectivity index (χ1v) is 8.52. The summed E-state index contributed by atoms with van der Waals surface area (Å²) in [6, 6.07) is 0. The minimum atomic E-state index is -0.725. The first kappa shape index (κ1) is 21.7. The predicted molar refractivity (Wildman–Crippen MR) is 91.2 cm³/mol. The number of carbonyl (C=O) groups excluding carboxylic acids is 2. The van der Waals surface area contributed by atoms with Crippen LogP contribution in [0.3, 0.4) is 0 Å². The van der Waals surface area contributed by atoms with E-state index < -0.39 is 11.7 Å². The lowest BCUT2D eigenvalue weighted by molar-refractivity contribution is -0.140. The Bertz CT molecular complexity index is 334. The SMILES string of the molecule is CC(C)(C)OC(N)=O.COC(=O)CCCCCN1CCCCC1. The van der Waals surface area contributed by atoms with Crippen LogP contribution >= 0.6 is 0 Å². The molecular formula is C17H34N2O4. The molecule has 1 aliphatic heterocycles. The molecule has 0 aromatic carbocycles. The fraction of sp³-hybridized carbons (Fsp3) is 0.882. The van der Waals surface area contributed by atoms with Crippen molar-refractivity contribution in [2.24, 2.45) is 5.73 Å². The molecule has 0 aliphatic carbocycles. The summed E-state index contributed by atoms with van der Waals surface area (Å²) in [5, 5.41) is 0. The molecule has 0 atom stereocenters. The second-order valence-corrected chi connectivity index (χ2v) is 6.82. The van der Waals surface area contributed by atoms with Gasteiger partial charge in [0.05, 0.1) is 7.11 Å². The molecule has 23 heavy (non-hydrogen) atoms. The van der Waals surface area contributed by atoms with Gasteiger partial charge in [-0.1, -0.05) is 12.8 Å². The summed E-state index contributed by atoms with van der Waals surface area (Å²) in [4.78, 5) is 23.4. The van der Waals surface area contributed by atoms with Crippen molar-refractivity contribution in [2.45, 2.75) is 71.3 Å². The van der Waals surface area contributed by atoms with Crippen molar-refractivity contribution in [3.8, 4) is 0 Å². The van der Waals surface area contributed by atoms with Gasteiger partial charge in [0, 0.05) is 6.42 Å². The maximum atomic E-state index is 10.8. The van der Waals surface area contributed by atoms with Crippen LogP contribution in [0, 0.1) is 0 Å². The molecule has 136 valence electrons. The summed E-state index contributed by atoms with van der Waals surface area (Å²) >= 11 is 0. The third-order valence-corrected chi connectivity index (χ3v) is 3.44. The van der Waals surface area contributed by atoms with Crippen LogP contribution in [-0.4, -0.2) is 49.3 Å². The zero-order valence-electron chi connectivity index (χ0n) is 15.2. The number of hydrogen-bond acceptors (Lipinski definition) is 5.